The molecular weight excluding hydrogens is 290 g/mol. The van der Waals surface area contributed by atoms with Gasteiger partial charge in [0, 0.05) is 22.7 Å². The SMILES string of the molecule is COc1ccc(C=CC(=O)O)cc1Cn1c(C)csc1=O. The van der Waals surface area contributed by atoms with Gasteiger partial charge in [0.1, 0.15) is 5.75 Å². The molecule has 0 unspecified atom stereocenters. The number of methoxy groups -OCH3 is 1. The third kappa shape index (κ3) is 3.61. The topological polar surface area (TPSA) is 68.5 Å². The fourth-order valence-electron chi connectivity index (χ4n) is 1.96. The molecule has 1 aromatic heterocycles. The summed E-state index contributed by atoms with van der Waals surface area (Å²) in [6, 6.07) is 5.36. The van der Waals surface area contributed by atoms with Crippen LogP contribution in [0.15, 0.2) is 34.4 Å². The van der Waals surface area contributed by atoms with Crippen LogP contribution >= 0.6 is 11.3 Å². The highest BCUT2D eigenvalue weighted by molar-refractivity contribution is 7.07. The number of hydrogen-bond donors (Lipinski definition) is 1. The highest BCUT2D eigenvalue weighted by atomic mass is 32.1. The van der Waals surface area contributed by atoms with Gasteiger partial charge in [0.05, 0.1) is 13.7 Å². The lowest BCUT2D eigenvalue weighted by atomic mass is 10.1. The third-order valence-electron chi connectivity index (χ3n) is 3.03. The summed E-state index contributed by atoms with van der Waals surface area (Å²) >= 11 is 1.16. The second-order valence-electron chi connectivity index (χ2n) is 4.47. The molecule has 2 rings (SSSR count). The van der Waals surface area contributed by atoms with Crippen LogP contribution in [-0.4, -0.2) is 22.8 Å². The zero-order chi connectivity index (χ0) is 15.4. The van der Waals surface area contributed by atoms with Gasteiger partial charge in [-0.25, -0.2) is 4.79 Å². The molecule has 0 atom stereocenters. The van der Waals surface area contributed by atoms with E-state index >= 15 is 0 Å². The molecule has 110 valence electrons. The van der Waals surface area contributed by atoms with Gasteiger partial charge in [-0.1, -0.05) is 17.4 Å². The first-order valence-corrected chi connectivity index (χ1v) is 7.12. The predicted molar refractivity (Wildman–Crippen MR) is 82.1 cm³/mol. The minimum Gasteiger partial charge on any atom is -0.496 e. The molecule has 0 spiro atoms. The average Bonchev–Trinajstić information content (AvgIpc) is 2.77. The molecule has 6 heteroatoms. The fourth-order valence-corrected chi connectivity index (χ4v) is 2.69. The number of thiazole rings is 1. The largest absolute Gasteiger partial charge is 0.496 e. The van der Waals surface area contributed by atoms with E-state index in [1.54, 1.807) is 23.8 Å². The summed E-state index contributed by atoms with van der Waals surface area (Å²) in [5.41, 5.74) is 2.46. The maximum Gasteiger partial charge on any atom is 0.328 e. The summed E-state index contributed by atoms with van der Waals surface area (Å²) in [5.74, 6) is -0.336. The van der Waals surface area contributed by atoms with Gasteiger partial charge in [-0.15, -0.1) is 0 Å². The summed E-state index contributed by atoms with van der Waals surface area (Å²) in [6.45, 7) is 2.27. The van der Waals surface area contributed by atoms with E-state index in [2.05, 4.69) is 0 Å². The van der Waals surface area contributed by atoms with E-state index in [0.717, 1.165) is 34.2 Å². The van der Waals surface area contributed by atoms with Crippen molar-refractivity contribution in [2.24, 2.45) is 0 Å². The van der Waals surface area contributed by atoms with Crippen LogP contribution in [0.1, 0.15) is 16.8 Å². The molecule has 0 saturated carbocycles. The minimum absolute atomic E-state index is 0.0268. The number of rotatable bonds is 5. The van der Waals surface area contributed by atoms with Gasteiger partial charge in [-0.05, 0) is 30.7 Å². The van der Waals surface area contributed by atoms with Crippen molar-refractivity contribution in [2.45, 2.75) is 13.5 Å². The van der Waals surface area contributed by atoms with Crippen LogP contribution in [0.5, 0.6) is 5.75 Å². The monoisotopic (exact) mass is 305 g/mol. The van der Waals surface area contributed by atoms with E-state index in [0.29, 0.717) is 12.3 Å². The van der Waals surface area contributed by atoms with Gasteiger partial charge >= 0.3 is 10.8 Å². The maximum atomic E-state index is 11.8. The average molecular weight is 305 g/mol. The number of nitrogens with zero attached hydrogens (tertiary/aromatic N) is 1. The summed E-state index contributed by atoms with van der Waals surface area (Å²) in [4.78, 5) is 22.3. The van der Waals surface area contributed by atoms with Crippen molar-refractivity contribution in [3.05, 3.63) is 56.1 Å². The molecule has 1 aromatic carbocycles. The Hall–Kier alpha value is -2.34. The van der Waals surface area contributed by atoms with Gasteiger partial charge in [-0.2, -0.15) is 0 Å². The third-order valence-corrected chi connectivity index (χ3v) is 3.91. The van der Waals surface area contributed by atoms with Gasteiger partial charge < -0.3 is 9.84 Å². The highest BCUT2D eigenvalue weighted by Crippen LogP contribution is 2.22. The summed E-state index contributed by atoms with van der Waals surface area (Å²) in [6.07, 6.45) is 2.59. The molecular formula is C15H15NO4S. The second kappa shape index (κ2) is 6.41. The number of carbonyl (C=O) groups is 1. The first-order chi connectivity index (χ1) is 10.0. The lowest BCUT2D eigenvalue weighted by Crippen LogP contribution is -2.15. The maximum absolute atomic E-state index is 11.8. The van der Waals surface area contributed by atoms with Gasteiger partial charge in [0.25, 0.3) is 0 Å². The minimum atomic E-state index is -1.00. The zero-order valence-corrected chi connectivity index (χ0v) is 12.5. The zero-order valence-electron chi connectivity index (χ0n) is 11.7. The van der Waals surface area contributed by atoms with Crippen LogP contribution < -0.4 is 9.61 Å². The summed E-state index contributed by atoms with van der Waals surface area (Å²) in [7, 11) is 1.56. The number of aromatic nitrogens is 1. The second-order valence-corrected chi connectivity index (χ2v) is 5.29. The Balaban J connectivity index is 2.39. The Labute approximate surface area is 125 Å². The van der Waals surface area contributed by atoms with Crippen molar-refractivity contribution < 1.29 is 14.6 Å². The molecule has 0 radical (unpaired) electrons. The molecule has 5 nitrogen and oxygen atoms in total. The van der Waals surface area contributed by atoms with Crippen LogP contribution in [-0.2, 0) is 11.3 Å². The van der Waals surface area contributed by atoms with Crippen LogP contribution in [0.3, 0.4) is 0 Å². The van der Waals surface area contributed by atoms with E-state index in [4.69, 9.17) is 9.84 Å². The first kappa shape index (κ1) is 15.1. The van der Waals surface area contributed by atoms with Crippen molar-refractivity contribution in [3.8, 4) is 5.75 Å². The molecule has 0 saturated heterocycles. The van der Waals surface area contributed by atoms with E-state index in [1.807, 2.05) is 18.4 Å². The van der Waals surface area contributed by atoms with Crippen molar-refractivity contribution in [2.75, 3.05) is 7.11 Å². The Kier molecular flexibility index (Phi) is 4.59. The van der Waals surface area contributed by atoms with E-state index in [-0.39, 0.29) is 4.87 Å². The molecule has 0 bridgehead atoms. The first-order valence-electron chi connectivity index (χ1n) is 6.24. The number of carboxylic acid groups (broad SMARTS) is 1. The smallest absolute Gasteiger partial charge is 0.328 e. The summed E-state index contributed by atoms with van der Waals surface area (Å²) < 4.78 is 6.96. The van der Waals surface area contributed by atoms with Gasteiger partial charge in [-0.3, -0.25) is 9.36 Å². The quantitative estimate of drug-likeness (QED) is 0.861. The fraction of sp³-hybridized carbons (Fsp3) is 0.200. The van der Waals surface area contributed by atoms with Crippen molar-refractivity contribution in [3.63, 3.8) is 0 Å². The molecule has 0 fully saturated rings. The normalized spacial score (nSPS) is 11.0. The van der Waals surface area contributed by atoms with Crippen LogP contribution in [0.2, 0.25) is 0 Å². The van der Waals surface area contributed by atoms with Crippen molar-refractivity contribution in [1.82, 2.24) is 4.57 Å². The number of hydrogen-bond acceptors (Lipinski definition) is 4. The molecule has 0 aliphatic rings. The molecule has 0 aliphatic heterocycles. The Bertz CT molecular complexity index is 742. The highest BCUT2D eigenvalue weighted by Gasteiger charge is 2.08. The lowest BCUT2D eigenvalue weighted by molar-refractivity contribution is -0.131. The predicted octanol–water partition coefficient (Wildman–Crippen LogP) is 2.37. The standard InChI is InChI=1S/C15H15NO4S/c1-10-9-21-15(19)16(10)8-12-7-11(4-6-14(17)18)3-5-13(12)20-2/h3-7,9H,8H2,1-2H3,(H,17,18). The number of carboxylic acids is 1. The Morgan fingerprint density at radius 1 is 1.48 bits per heavy atom. The molecule has 1 heterocycles. The van der Waals surface area contributed by atoms with Crippen LogP contribution in [0.4, 0.5) is 0 Å². The van der Waals surface area contributed by atoms with Crippen LogP contribution in [0, 0.1) is 6.92 Å². The van der Waals surface area contributed by atoms with Crippen LogP contribution in [0.25, 0.3) is 6.08 Å². The molecule has 0 aliphatic carbocycles. The number of benzene rings is 1. The molecule has 2 aromatic rings. The molecule has 0 amide bonds. The Morgan fingerprint density at radius 2 is 2.24 bits per heavy atom. The van der Waals surface area contributed by atoms with Gasteiger partial charge in [0.15, 0.2) is 0 Å². The number of ether oxygens (including phenoxy) is 1. The molecule has 1 N–H and O–H groups in total. The number of aliphatic carboxylic acids is 1. The lowest BCUT2D eigenvalue weighted by Gasteiger charge is -2.11. The summed E-state index contributed by atoms with van der Waals surface area (Å²) in [5, 5.41) is 10.5. The van der Waals surface area contributed by atoms with Crippen molar-refractivity contribution in [1.29, 1.82) is 0 Å². The Morgan fingerprint density at radius 3 is 2.81 bits per heavy atom. The van der Waals surface area contributed by atoms with Crippen molar-refractivity contribution >= 4 is 23.4 Å². The number of aryl methyl sites for hydroxylation is 1. The molecule has 21 heavy (non-hydrogen) atoms. The van der Waals surface area contributed by atoms with E-state index in [1.165, 1.54) is 6.08 Å². The van der Waals surface area contributed by atoms with E-state index < -0.39 is 5.97 Å². The van der Waals surface area contributed by atoms with Gasteiger partial charge in [0.2, 0.25) is 0 Å². The van der Waals surface area contributed by atoms with E-state index in [9.17, 15) is 9.59 Å².